The number of thiophene rings is 1. The van der Waals surface area contributed by atoms with Crippen LogP contribution in [-0.2, 0) is 0 Å². The van der Waals surface area contributed by atoms with Gasteiger partial charge in [-0.2, -0.15) is 0 Å². The highest BCUT2D eigenvalue weighted by molar-refractivity contribution is 7.17. The summed E-state index contributed by atoms with van der Waals surface area (Å²) in [7, 11) is 0. The molecule has 0 spiro atoms. The quantitative estimate of drug-likeness (QED) is 0.812. The number of aliphatic hydroxyl groups excluding tert-OH is 2. The van der Waals surface area contributed by atoms with Crippen LogP contribution < -0.4 is 0 Å². The van der Waals surface area contributed by atoms with Crippen LogP contribution >= 0.6 is 22.9 Å². The smallest absolute Gasteiger partial charge is 0.107 e. The van der Waals surface area contributed by atoms with Gasteiger partial charge >= 0.3 is 0 Å². The number of hydrogen-bond acceptors (Lipinski definition) is 3. The second kappa shape index (κ2) is 4.49. The van der Waals surface area contributed by atoms with E-state index in [9.17, 15) is 10.2 Å². The summed E-state index contributed by atoms with van der Waals surface area (Å²) in [5, 5.41) is 22.4. The fourth-order valence-electron chi connectivity index (χ4n) is 1.54. The number of hydrogen-bond donors (Lipinski definition) is 2. The summed E-state index contributed by atoms with van der Waals surface area (Å²) in [6.07, 6.45) is -1.83. The van der Waals surface area contributed by atoms with E-state index in [0.29, 0.717) is 0 Å². The molecule has 0 radical (unpaired) electrons. The van der Waals surface area contributed by atoms with Gasteiger partial charge in [-0.05, 0) is 16.8 Å². The minimum absolute atomic E-state index is 0.0307. The molecule has 0 fully saturated rings. The summed E-state index contributed by atoms with van der Waals surface area (Å²) >= 11 is 7.07. The molecule has 2 rings (SSSR count). The zero-order valence-corrected chi connectivity index (χ0v) is 9.50. The van der Waals surface area contributed by atoms with Crippen molar-refractivity contribution < 1.29 is 10.2 Å². The Morgan fingerprint density at radius 3 is 2.80 bits per heavy atom. The highest BCUT2D eigenvalue weighted by Crippen LogP contribution is 2.30. The largest absolute Gasteiger partial charge is 0.389 e. The van der Waals surface area contributed by atoms with Crippen molar-refractivity contribution in [3.8, 4) is 0 Å². The molecule has 0 bridgehead atoms. The Hall–Kier alpha value is -0.610. The van der Waals surface area contributed by atoms with Crippen molar-refractivity contribution in [3.63, 3.8) is 0 Å². The molecular formula is C11H11ClO2S. The maximum atomic E-state index is 9.88. The molecule has 15 heavy (non-hydrogen) atoms. The van der Waals surface area contributed by atoms with Crippen LogP contribution in [-0.4, -0.2) is 22.2 Å². The Labute approximate surface area is 96.7 Å². The minimum atomic E-state index is -0.917. The summed E-state index contributed by atoms with van der Waals surface area (Å²) < 4.78 is 1.01. The van der Waals surface area contributed by atoms with Gasteiger partial charge in [-0.15, -0.1) is 22.9 Å². The van der Waals surface area contributed by atoms with E-state index in [4.69, 9.17) is 11.6 Å². The van der Waals surface area contributed by atoms with Crippen molar-refractivity contribution in [1.29, 1.82) is 0 Å². The average molecular weight is 243 g/mol. The summed E-state index contributed by atoms with van der Waals surface area (Å²) in [5.41, 5.74) is 0.746. The number of alkyl halides is 1. The SMILES string of the molecule is OC(CCl)C(O)c1cccc2ccsc12. The van der Waals surface area contributed by atoms with E-state index < -0.39 is 12.2 Å². The highest BCUT2D eigenvalue weighted by Gasteiger charge is 2.19. The van der Waals surface area contributed by atoms with Crippen molar-refractivity contribution in [2.45, 2.75) is 12.2 Å². The van der Waals surface area contributed by atoms with Gasteiger partial charge in [0.2, 0.25) is 0 Å². The first-order chi connectivity index (χ1) is 7.24. The molecule has 0 aliphatic carbocycles. The Kier molecular flexibility index (Phi) is 3.26. The molecule has 2 nitrogen and oxygen atoms in total. The third-order valence-electron chi connectivity index (χ3n) is 2.35. The summed E-state index contributed by atoms with van der Waals surface area (Å²) in [6.45, 7) is 0. The third-order valence-corrected chi connectivity index (χ3v) is 3.65. The normalized spacial score (nSPS) is 15.4. The molecule has 0 saturated heterocycles. The maximum absolute atomic E-state index is 9.88. The van der Waals surface area contributed by atoms with Gasteiger partial charge in [-0.3, -0.25) is 0 Å². The van der Waals surface area contributed by atoms with Crippen LogP contribution in [0.15, 0.2) is 29.6 Å². The van der Waals surface area contributed by atoms with Crippen LogP contribution in [0.3, 0.4) is 0 Å². The first kappa shape index (κ1) is 10.9. The van der Waals surface area contributed by atoms with Crippen molar-refractivity contribution in [1.82, 2.24) is 0 Å². The second-order valence-corrected chi connectivity index (χ2v) is 4.58. The van der Waals surface area contributed by atoms with Gasteiger partial charge in [0.05, 0.1) is 12.0 Å². The van der Waals surface area contributed by atoms with Gasteiger partial charge in [0.1, 0.15) is 6.10 Å². The monoisotopic (exact) mass is 242 g/mol. The van der Waals surface area contributed by atoms with E-state index >= 15 is 0 Å². The molecule has 0 aliphatic rings. The van der Waals surface area contributed by atoms with E-state index in [-0.39, 0.29) is 5.88 Å². The Bertz CT molecular complexity index is 455. The predicted octanol–water partition coefficient (Wildman–Crippen LogP) is 2.53. The maximum Gasteiger partial charge on any atom is 0.107 e. The Morgan fingerprint density at radius 1 is 1.27 bits per heavy atom. The van der Waals surface area contributed by atoms with Gasteiger partial charge in [0.15, 0.2) is 0 Å². The molecule has 2 N–H and O–H groups in total. The average Bonchev–Trinajstić information content (AvgIpc) is 2.74. The highest BCUT2D eigenvalue weighted by atomic mass is 35.5. The van der Waals surface area contributed by atoms with Gasteiger partial charge in [-0.25, -0.2) is 0 Å². The van der Waals surface area contributed by atoms with Gasteiger partial charge < -0.3 is 10.2 Å². The van der Waals surface area contributed by atoms with Crippen molar-refractivity contribution in [3.05, 3.63) is 35.2 Å². The zero-order valence-electron chi connectivity index (χ0n) is 7.93. The van der Waals surface area contributed by atoms with Crippen LogP contribution in [0.1, 0.15) is 11.7 Å². The van der Waals surface area contributed by atoms with Gasteiger partial charge in [0.25, 0.3) is 0 Å². The van der Waals surface area contributed by atoms with Crippen molar-refractivity contribution in [2.24, 2.45) is 0 Å². The first-order valence-electron chi connectivity index (χ1n) is 4.62. The van der Waals surface area contributed by atoms with Crippen molar-refractivity contribution >= 4 is 33.0 Å². The zero-order chi connectivity index (χ0) is 10.8. The topological polar surface area (TPSA) is 40.5 Å². The van der Waals surface area contributed by atoms with E-state index in [1.165, 1.54) is 0 Å². The minimum Gasteiger partial charge on any atom is -0.389 e. The Morgan fingerprint density at radius 2 is 2.07 bits per heavy atom. The van der Waals surface area contributed by atoms with Crippen LogP contribution in [0.25, 0.3) is 10.1 Å². The van der Waals surface area contributed by atoms with E-state index in [2.05, 4.69) is 0 Å². The molecule has 1 aromatic heterocycles. The van der Waals surface area contributed by atoms with Crippen LogP contribution in [0.2, 0.25) is 0 Å². The second-order valence-electron chi connectivity index (χ2n) is 3.35. The standard InChI is InChI=1S/C11H11ClO2S/c12-6-9(13)10(14)8-3-1-2-7-4-5-15-11(7)8/h1-5,9-10,13-14H,6H2. The number of halogens is 1. The number of benzene rings is 1. The molecule has 1 aromatic carbocycles. The number of rotatable bonds is 3. The van der Waals surface area contributed by atoms with Crippen molar-refractivity contribution in [2.75, 3.05) is 5.88 Å². The first-order valence-corrected chi connectivity index (χ1v) is 6.03. The summed E-state index contributed by atoms with van der Waals surface area (Å²) in [5.74, 6) is 0.0307. The molecule has 0 saturated carbocycles. The Balaban J connectivity index is 2.46. The third kappa shape index (κ3) is 2.01. The van der Waals surface area contributed by atoms with Gasteiger partial charge in [0, 0.05) is 10.3 Å². The molecule has 2 aromatic rings. The summed E-state index contributed by atoms with van der Waals surface area (Å²) in [4.78, 5) is 0. The van der Waals surface area contributed by atoms with Crippen LogP contribution in [0.5, 0.6) is 0 Å². The molecule has 2 atom stereocenters. The lowest BCUT2D eigenvalue weighted by molar-refractivity contribution is 0.0337. The molecule has 1 heterocycles. The lowest BCUT2D eigenvalue weighted by atomic mass is 10.0. The van der Waals surface area contributed by atoms with Crippen LogP contribution in [0.4, 0.5) is 0 Å². The number of fused-ring (bicyclic) bond motifs is 1. The molecule has 2 unspecified atom stereocenters. The fraction of sp³-hybridized carbons (Fsp3) is 0.273. The predicted molar refractivity (Wildman–Crippen MR) is 63.5 cm³/mol. The fourth-order valence-corrected chi connectivity index (χ4v) is 2.66. The number of aliphatic hydroxyl groups is 2. The lowest BCUT2D eigenvalue weighted by Gasteiger charge is -2.16. The molecule has 0 aliphatic heterocycles. The van der Waals surface area contributed by atoms with E-state index in [1.807, 2.05) is 29.6 Å². The molecule has 4 heteroatoms. The van der Waals surface area contributed by atoms with E-state index in [1.54, 1.807) is 11.3 Å². The summed E-state index contributed by atoms with van der Waals surface area (Å²) in [6, 6.07) is 7.66. The van der Waals surface area contributed by atoms with Gasteiger partial charge in [-0.1, -0.05) is 18.2 Å². The lowest BCUT2D eigenvalue weighted by Crippen LogP contribution is -2.19. The molecule has 80 valence electrons. The molecular weight excluding hydrogens is 232 g/mol. The molecule has 0 amide bonds. The van der Waals surface area contributed by atoms with Crippen LogP contribution in [0, 0.1) is 0 Å². The van der Waals surface area contributed by atoms with E-state index in [0.717, 1.165) is 15.6 Å².